The van der Waals surface area contributed by atoms with Crippen LogP contribution in [0.15, 0.2) is 18.2 Å². The van der Waals surface area contributed by atoms with Gasteiger partial charge >= 0.3 is 0 Å². The van der Waals surface area contributed by atoms with E-state index in [0.29, 0.717) is 31.2 Å². The molecule has 0 bridgehead atoms. The number of hydrogen-bond donors (Lipinski definition) is 2. The highest BCUT2D eigenvalue weighted by molar-refractivity contribution is 5.94. The van der Waals surface area contributed by atoms with Crippen molar-refractivity contribution in [2.45, 2.75) is 26.2 Å². The molecule has 1 heterocycles. The minimum absolute atomic E-state index is 0.0532. The first kappa shape index (κ1) is 16.8. The van der Waals surface area contributed by atoms with Crippen LogP contribution in [0.5, 0.6) is 5.75 Å². The fourth-order valence-electron chi connectivity index (χ4n) is 2.47. The average molecular weight is 306 g/mol. The smallest absolute Gasteiger partial charge is 0.251 e. The maximum Gasteiger partial charge on any atom is 0.251 e. The molecule has 1 unspecified atom stereocenters. The molecule has 1 atom stereocenters. The quantitative estimate of drug-likeness (QED) is 0.719. The maximum absolute atomic E-state index is 12.2. The van der Waals surface area contributed by atoms with Gasteiger partial charge < -0.3 is 20.5 Å². The first-order chi connectivity index (χ1) is 10.7. The van der Waals surface area contributed by atoms with E-state index in [9.17, 15) is 4.79 Å². The Morgan fingerprint density at radius 3 is 3.09 bits per heavy atom. The Morgan fingerprint density at radius 1 is 1.50 bits per heavy atom. The van der Waals surface area contributed by atoms with Gasteiger partial charge in [-0.2, -0.15) is 0 Å². The number of amides is 1. The summed E-state index contributed by atoms with van der Waals surface area (Å²) in [5, 5.41) is 2.97. The van der Waals surface area contributed by atoms with E-state index in [-0.39, 0.29) is 5.91 Å². The van der Waals surface area contributed by atoms with Crippen molar-refractivity contribution in [1.82, 2.24) is 5.32 Å². The van der Waals surface area contributed by atoms with Crippen LogP contribution in [0.1, 0.15) is 35.2 Å². The van der Waals surface area contributed by atoms with Crippen LogP contribution in [0.3, 0.4) is 0 Å². The fraction of sp³-hybridized carbons (Fsp3) is 0.588. The highest BCUT2D eigenvalue weighted by Crippen LogP contribution is 2.20. The molecular weight excluding hydrogens is 280 g/mol. The zero-order valence-corrected chi connectivity index (χ0v) is 13.3. The summed E-state index contributed by atoms with van der Waals surface area (Å²) in [4.78, 5) is 12.2. The molecule has 0 saturated carbocycles. The summed E-state index contributed by atoms with van der Waals surface area (Å²) >= 11 is 0. The zero-order valence-electron chi connectivity index (χ0n) is 13.3. The van der Waals surface area contributed by atoms with Crippen LogP contribution in [0.4, 0.5) is 0 Å². The SMILES string of the molecule is Cc1ccc(C(=O)NCCC2CCOC2)cc1OCCCN. The topological polar surface area (TPSA) is 73.6 Å². The second kappa shape index (κ2) is 8.76. The normalized spacial score (nSPS) is 17.5. The van der Waals surface area contributed by atoms with Crippen LogP contribution in [-0.4, -0.2) is 38.8 Å². The molecular formula is C17H26N2O3. The predicted molar refractivity (Wildman–Crippen MR) is 86.2 cm³/mol. The Bertz CT molecular complexity index is 485. The highest BCUT2D eigenvalue weighted by atomic mass is 16.5. The van der Waals surface area contributed by atoms with Gasteiger partial charge in [-0.1, -0.05) is 6.07 Å². The molecule has 1 aromatic rings. The summed E-state index contributed by atoms with van der Waals surface area (Å²) in [7, 11) is 0. The Morgan fingerprint density at radius 2 is 2.36 bits per heavy atom. The van der Waals surface area contributed by atoms with E-state index >= 15 is 0 Å². The summed E-state index contributed by atoms with van der Waals surface area (Å²) in [5.41, 5.74) is 7.12. The van der Waals surface area contributed by atoms with Gasteiger partial charge in [-0.15, -0.1) is 0 Å². The van der Waals surface area contributed by atoms with Crippen LogP contribution >= 0.6 is 0 Å². The molecule has 0 spiro atoms. The van der Waals surface area contributed by atoms with Crippen molar-refractivity contribution in [3.63, 3.8) is 0 Å². The van der Waals surface area contributed by atoms with Crippen LogP contribution in [-0.2, 0) is 4.74 Å². The van der Waals surface area contributed by atoms with Crippen LogP contribution in [0, 0.1) is 12.8 Å². The number of benzene rings is 1. The van der Waals surface area contributed by atoms with Gasteiger partial charge in [-0.3, -0.25) is 4.79 Å². The first-order valence-corrected chi connectivity index (χ1v) is 8.00. The molecule has 122 valence electrons. The molecule has 0 radical (unpaired) electrons. The lowest BCUT2D eigenvalue weighted by atomic mass is 10.1. The predicted octanol–water partition coefficient (Wildman–Crippen LogP) is 1.88. The first-order valence-electron chi connectivity index (χ1n) is 8.00. The molecule has 5 heteroatoms. The third-order valence-electron chi connectivity index (χ3n) is 3.92. The third kappa shape index (κ3) is 5.00. The van der Waals surface area contributed by atoms with E-state index in [1.54, 1.807) is 6.07 Å². The standard InChI is InChI=1S/C17H26N2O3/c1-13-3-4-15(11-16(13)22-9-2-7-18)17(20)19-8-5-14-6-10-21-12-14/h3-4,11,14H,2,5-10,12,18H2,1H3,(H,19,20). The maximum atomic E-state index is 12.2. The largest absolute Gasteiger partial charge is 0.493 e. The second-order valence-corrected chi connectivity index (χ2v) is 5.75. The van der Waals surface area contributed by atoms with Crippen molar-refractivity contribution >= 4 is 5.91 Å². The molecule has 1 aliphatic rings. The molecule has 22 heavy (non-hydrogen) atoms. The van der Waals surface area contributed by atoms with Crippen molar-refractivity contribution in [3.8, 4) is 5.75 Å². The van der Waals surface area contributed by atoms with Crippen LogP contribution < -0.4 is 15.8 Å². The van der Waals surface area contributed by atoms with Crippen molar-refractivity contribution in [3.05, 3.63) is 29.3 Å². The van der Waals surface area contributed by atoms with E-state index in [4.69, 9.17) is 15.2 Å². The second-order valence-electron chi connectivity index (χ2n) is 5.75. The average Bonchev–Trinajstić information content (AvgIpc) is 3.02. The van der Waals surface area contributed by atoms with Gasteiger partial charge in [0.25, 0.3) is 5.91 Å². The Kier molecular flexibility index (Phi) is 6.68. The van der Waals surface area contributed by atoms with E-state index in [1.165, 1.54) is 0 Å². The number of nitrogens with one attached hydrogen (secondary N) is 1. The summed E-state index contributed by atoms with van der Waals surface area (Å²) in [6.07, 6.45) is 2.87. The van der Waals surface area contributed by atoms with E-state index < -0.39 is 0 Å². The molecule has 2 rings (SSSR count). The molecule has 1 fully saturated rings. The van der Waals surface area contributed by atoms with E-state index in [1.807, 2.05) is 19.1 Å². The van der Waals surface area contributed by atoms with Crippen LogP contribution in [0.25, 0.3) is 0 Å². The number of ether oxygens (including phenoxy) is 2. The van der Waals surface area contributed by atoms with Gasteiger partial charge in [0.2, 0.25) is 0 Å². The lowest BCUT2D eigenvalue weighted by Gasteiger charge is -2.12. The van der Waals surface area contributed by atoms with Gasteiger partial charge in [0.05, 0.1) is 6.61 Å². The minimum Gasteiger partial charge on any atom is -0.493 e. The van der Waals surface area contributed by atoms with Gasteiger partial charge in [-0.05, 0) is 56.3 Å². The fourth-order valence-corrected chi connectivity index (χ4v) is 2.47. The summed E-state index contributed by atoms with van der Waals surface area (Å²) < 4.78 is 11.0. The number of rotatable bonds is 8. The van der Waals surface area contributed by atoms with Crippen molar-refractivity contribution in [2.24, 2.45) is 11.7 Å². The third-order valence-corrected chi connectivity index (χ3v) is 3.92. The summed E-state index contributed by atoms with van der Waals surface area (Å²) in [6, 6.07) is 5.55. The van der Waals surface area contributed by atoms with Gasteiger partial charge in [-0.25, -0.2) is 0 Å². The Balaban J connectivity index is 1.84. The van der Waals surface area contributed by atoms with Crippen LogP contribution in [0.2, 0.25) is 0 Å². The Hall–Kier alpha value is -1.59. The lowest BCUT2D eigenvalue weighted by Crippen LogP contribution is -2.26. The van der Waals surface area contributed by atoms with Gasteiger partial charge in [0.1, 0.15) is 5.75 Å². The van der Waals surface area contributed by atoms with Crippen molar-refractivity contribution in [1.29, 1.82) is 0 Å². The zero-order chi connectivity index (χ0) is 15.8. The lowest BCUT2D eigenvalue weighted by molar-refractivity contribution is 0.0950. The molecule has 3 N–H and O–H groups in total. The molecule has 5 nitrogen and oxygen atoms in total. The van der Waals surface area contributed by atoms with Gasteiger partial charge in [0.15, 0.2) is 0 Å². The van der Waals surface area contributed by atoms with E-state index in [0.717, 1.165) is 43.8 Å². The van der Waals surface area contributed by atoms with Crippen molar-refractivity contribution < 1.29 is 14.3 Å². The monoisotopic (exact) mass is 306 g/mol. The molecule has 1 saturated heterocycles. The molecule has 1 amide bonds. The van der Waals surface area contributed by atoms with E-state index in [2.05, 4.69) is 5.32 Å². The number of aryl methyl sites for hydroxylation is 1. The number of carbonyl (C=O) groups excluding carboxylic acids is 1. The Labute approximate surface area is 132 Å². The number of nitrogens with two attached hydrogens (primary N) is 1. The molecule has 1 aromatic carbocycles. The molecule has 0 aliphatic carbocycles. The number of carbonyl (C=O) groups is 1. The molecule has 0 aromatic heterocycles. The van der Waals surface area contributed by atoms with Gasteiger partial charge in [0, 0.05) is 25.3 Å². The highest BCUT2D eigenvalue weighted by Gasteiger charge is 2.16. The molecule has 1 aliphatic heterocycles. The minimum atomic E-state index is -0.0532. The summed E-state index contributed by atoms with van der Waals surface area (Å²) in [5.74, 6) is 1.28. The number of hydrogen-bond acceptors (Lipinski definition) is 4. The van der Waals surface area contributed by atoms with Crippen molar-refractivity contribution in [2.75, 3.05) is 32.9 Å². The summed E-state index contributed by atoms with van der Waals surface area (Å²) in [6.45, 7) is 5.50.